The van der Waals surface area contributed by atoms with Crippen molar-refractivity contribution in [3.63, 3.8) is 0 Å². The van der Waals surface area contributed by atoms with Crippen LogP contribution in [0.3, 0.4) is 0 Å². The molecule has 1 N–H and O–H groups in total. The van der Waals surface area contributed by atoms with Crippen molar-refractivity contribution < 1.29 is 14.3 Å². The van der Waals surface area contributed by atoms with Crippen molar-refractivity contribution in [2.45, 2.75) is 20.5 Å². The van der Waals surface area contributed by atoms with Crippen molar-refractivity contribution in [3.8, 4) is 5.75 Å². The van der Waals surface area contributed by atoms with Gasteiger partial charge in [-0.15, -0.1) is 0 Å². The zero-order valence-corrected chi connectivity index (χ0v) is 22.4. The summed E-state index contributed by atoms with van der Waals surface area (Å²) in [6.45, 7) is 4.28. The highest BCUT2D eigenvalue weighted by atomic mass is 79.9. The van der Waals surface area contributed by atoms with Gasteiger partial charge in [0.2, 0.25) is 0 Å². The molecule has 8 heteroatoms. The third-order valence-corrected chi connectivity index (χ3v) is 6.81. The van der Waals surface area contributed by atoms with Crippen LogP contribution in [0.1, 0.15) is 22.3 Å². The number of nitrogens with zero attached hydrogens (tertiary/aromatic N) is 1. The molecule has 0 spiro atoms. The second kappa shape index (κ2) is 10.2. The van der Waals surface area contributed by atoms with Gasteiger partial charge in [-0.1, -0.05) is 67.8 Å². The molecular formula is C26H20Br2N2O3S. The van der Waals surface area contributed by atoms with E-state index in [-0.39, 0.29) is 10.7 Å². The summed E-state index contributed by atoms with van der Waals surface area (Å²) in [4.78, 5) is 27.2. The van der Waals surface area contributed by atoms with E-state index in [9.17, 15) is 9.59 Å². The number of aryl methyl sites for hydroxylation is 2. The molecule has 34 heavy (non-hydrogen) atoms. The Hall–Kier alpha value is -2.81. The smallest absolute Gasteiger partial charge is 0.270 e. The Labute approximate surface area is 220 Å². The van der Waals surface area contributed by atoms with Gasteiger partial charge in [-0.3, -0.25) is 19.8 Å². The van der Waals surface area contributed by atoms with E-state index in [2.05, 4.69) is 37.2 Å². The van der Waals surface area contributed by atoms with Gasteiger partial charge >= 0.3 is 0 Å². The molecule has 0 aromatic heterocycles. The Morgan fingerprint density at radius 1 is 1.00 bits per heavy atom. The summed E-state index contributed by atoms with van der Waals surface area (Å²) >= 11 is 12.3. The number of rotatable bonds is 5. The van der Waals surface area contributed by atoms with Gasteiger partial charge in [0.1, 0.15) is 17.9 Å². The van der Waals surface area contributed by atoms with Crippen LogP contribution in [-0.4, -0.2) is 16.9 Å². The van der Waals surface area contributed by atoms with Crippen LogP contribution in [0, 0.1) is 13.8 Å². The maximum atomic E-state index is 13.2. The van der Waals surface area contributed by atoms with Crippen LogP contribution in [0.5, 0.6) is 5.75 Å². The summed E-state index contributed by atoms with van der Waals surface area (Å²) in [5.41, 5.74) is 4.34. The number of benzene rings is 3. The molecule has 3 aromatic carbocycles. The lowest BCUT2D eigenvalue weighted by molar-refractivity contribution is -0.122. The second-order valence-electron chi connectivity index (χ2n) is 7.84. The number of amides is 2. The fraction of sp³-hybridized carbons (Fsp3) is 0.115. The predicted molar refractivity (Wildman–Crippen MR) is 145 cm³/mol. The molecule has 0 unspecified atom stereocenters. The minimum absolute atomic E-state index is 0.0148. The van der Waals surface area contributed by atoms with E-state index >= 15 is 0 Å². The minimum atomic E-state index is -0.517. The molecule has 0 saturated carbocycles. The number of halogens is 2. The first-order chi connectivity index (χ1) is 16.2. The van der Waals surface area contributed by atoms with E-state index in [1.807, 2.05) is 50.2 Å². The minimum Gasteiger partial charge on any atom is -0.489 e. The molecule has 172 valence electrons. The quantitative estimate of drug-likeness (QED) is 0.214. The largest absolute Gasteiger partial charge is 0.489 e. The van der Waals surface area contributed by atoms with Gasteiger partial charge in [0, 0.05) is 14.5 Å². The Morgan fingerprint density at radius 3 is 2.41 bits per heavy atom. The number of hydrogen-bond acceptors (Lipinski definition) is 4. The van der Waals surface area contributed by atoms with E-state index in [1.54, 1.807) is 30.3 Å². The van der Waals surface area contributed by atoms with Gasteiger partial charge in [0.05, 0.1) is 5.69 Å². The number of nitrogens with one attached hydrogen (secondary N) is 1. The topological polar surface area (TPSA) is 58.6 Å². The maximum Gasteiger partial charge on any atom is 0.270 e. The molecule has 1 fully saturated rings. The van der Waals surface area contributed by atoms with Gasteiger partial charge in [0.15, 0.2) is 5.11 Å². The Morgan fingerprint density at radius 2 is 1.74 bits per heavy atom. The zero-order chi connectivity index (χ0) is 24.4. The zero-order valence-electron chi connectivity index (χ0n) is 18.4. The molecule has 2 amide bonds. The van der Waals surface area contributed by atoms with E-state index in [0.29, 0.717) is 23.6 Å². The van der Waals surface area contributed by atoms with Crippen molar-refractivity contribution in [1.82, 2.24) is 5.32 Å². The van der Waals surface area contributed by atoms with Crippen LogP contribution < -0.4 is 15.0 Å². The summed E-state index contributed by atoms with van der Waals surface area (Å²) in [5.74, 6) is -0.299. The normalized spacial score (nSPS) is 15.0. The van der Waals surface area contributed by atoms with E-state index in [1.165, 1.54) is 4.90 Å². The molecule has 4 rings (SSSR count). The lowest BCUT2D eigenvalue weighted by Crippen LogP contribution is -2.54. The van der Waals surface area contributed by atoms with Crippen molar-refractivity contribution in [2.75, 3.05) is 4.90 Å². The summed E-state index contributed by atoms with van der Waals surface area (Å²) in [5, 5.41) is 2.70. The van der Waals surface area contributed by atoms with Gasteiger partial charge in [-0.25, -0.2) is 0 Å². The molecule has 1 saturated heterocycles. The van der Waals surface area contributed by atoms with Crippen LogP contribution >= 0.6 is 44.1 Å². The first kappa shape index (κ1) is 24.3. The Bertz CT molecular complexity index is 1340. The molecule has 3 aromatic rings. The van der Waals surface area contributed by atoms with Crippen LogP contribution in [0.25, 0.3) is 6.08 Å². The molecule has 0 radical (unpaired) electrons. The standard InChI is InChI=1S/C26H20Br2N2O3S/c1-15-3-10-23(16(2)11-15)30-25(32)21(24(31)29-26(30)34)12-17-4-8-20(9-5-17)33-14-18-6-7-19(27)13-22(18)28/h3-13H,14H2,1-2H3,(H,29,31,34)/b21-12+. The number of carbonyl (C=O) groups excluding carboxylic acids is 2. The SMILES string of the molecule is Cc1ccc(N2C(=O)/C(=C/c3ccc(OCc4ccc(Br)cc4Br)cc3)C(=O)NC2=S)c(C)c1. The fourth-order valence-electron chi connectivity index (χ4n) is 3.56. The highest BCUT2D eigenvalue weighted by molar-refractivity contribution is 9.11. The second-order valence-corrected chi connectivity index (χ2v) is 10.00. The molecule has 1 heterocycles. The summed E-state index contributed by atoms with van der Waals surface area (Å²) in [6.07, 6.45) is 1.56. The fourth-order valence-corrected chi connectivity index (χ4v) is 4.99. The monoisotopic (exact) mass is 598 g/mol. The third-order valence-electron chi connectivity index (χ3n) is 5.30. The first-order valence-corrected chi connectivity index (χ1v) is 12.4. The van der Waals surface area contributed by atoms with E-state index < -0.39 is 11.8 Å². The summed E-state index contributed by atoms with van der Waals surface area (Å²) < 4.78 is 7.81. The first-order valence-electron chi connectivity index (χ1n) is 10.4. The number of hydrogen-bond donors (Lipinski definition) is 1. The van der Waals surface area contributed by atoms with Gasteiger partial charge in [-0.2, -0.15) is 0 Å². The lowest BCUT2D eigenvalue weighted by Gasteiger charge is -2.30. The van der Waals surface area contributed by atoms with Crippen LogP contribution in [-0.2, 0) is 16.2 Å². The molecule has 1 aliphatic rings. The highest BCUT2D eigenvalue weighted by Crippen LogP contribution is 2.27. The van der Waals surface area contributed by atoms with Crippen molar-refractivity contribution in [2.24, 2.45) is 0 Å². The van der Waals surface area contributed by atoms with Gasteiger partial charge in [-0.05, 0) is 73.6 Å². The number of thiocarbonyl (C=S) groups is 1. The van der Waals surface area contributed by atoms with Crippen molar-refractivity contribution in [3.05, 3.63) is 97.4 Å². The van der Waals surface area contributed by atoms with Crippen LogP contribution in [0.2, 0.25) is 0 Å². The van der Waals surface area contributed by atoms with Crippen LogP contribution in [0.15, 0.2) is 75.2 Å². The Kier molecular flexibility index (Phi) is 7.30. The van der Waals surface area contributed by atoms with Gasteiger partial charge < -0.3 is 4.74 Å². The average Bonchev–Trinajstić information content (AvgIpc) is 2.78. The van der Waals surface area contributed by atoms with E-state index in [0.717, 1.165) is 25.6 Å². The van der Waals surface area contributed by atoms with Crippen molar-refractivity contribution in [1.29, 1.82) is 0 Å². The molecule has 0 aliphatic carbocycles. The average molecular weight is 600 g/mol. The molecule has 1 aliphatic heterocycles. The summed E-state index contributed by atoms with van der Waals surface area (Å²) in [6, 6.07) is 18.8. The molecule has 0 atom stereocenters. The van der Waals surface area contributed by atoms with Crippen molar-refractivity contribution >= 4 is 72.8 Å². The third kappa shape index (κ3) is 5.29. The summed E-state index contributed by atoms with van der Waals surface area (Å²) in [7, 11) is 0. The van der Waals surface area contributed by atoms with E-state index in [4.69, 9.17) is 17.0 Å². The Balaban J connectivity index is 1.53. The molecule has 0 bridgehead atoms. The number of ether oxygens (including phenoxy) is 1. The van der Waals surface area contributed by atoms with Crippen LogP contribution in [0.4, 0.5) is 5.69 Å². The number of carbonyl (C=O) groups is 2. The number of anilines is 1. The maximum absolute atomic E-state index is 13.2. The highest BCUT2D eigenvalue weighted by Gasteiger charge is 2.35. The lowest BCUT2D eigenvalue weighted by atomic mass is 10.0. The molecule has 5 nitrogen and oxygen atoms in total. The van der Waals surface area contributed by atoms with Gasteiger partial charge in [0.25, 0.3) is 11.8 Å². The predicted octanol–water partition coefficient (Wildman–Crippen LogP) is 6.24. The molecular weight excluding hydrogens is 580 g/mol.